The Hall–Kier alpha value is -3.35. The van der Waals surface area contributed by atoms with Gasteiger partial charge in [0.2, 0.25) is 0 Å². The van der Waals surface area contributed by atoms with E-state index in [2.05, 4.69) is 15.6 Å². The lowest BCUT2D eigenvalue weighted by Gasteiger charge is -2.34. The minimum atomic E-state index is -2.50. The van der Waals surface area contributed by atoms with Crippen LogP contribution in [-0.2, 0) is 23.8 Å². The standard InChI is InChI=1S/C22H30N4O8/c1-3-17(27)22(20(29)30,34-16-8-10-24-11-9-16)26-19(28)15-6-4-14(5-7-15)18(23)25-21(31)33-13-12-32-2/h4-7,16,24H,3,8-13H2,1-2H3,(H,26,28)(H,29,30)(H2,23,25,31). The van der Waals surface area contributed by atoms with E-state index >= 15 is 0 Å². The van der Waals surface area contributed by atoms with Crippen LogP contribution in [0.2, 0.25) is 0 Å². The van der Waals surface area contributed by atoms with Crippen molar-refractivity contribution < 1.29 is 38.5 Å². The number of benzene rings is 1. The molecule has 0 saturated carbocycles. The number of carboxylic acids is 1. The number of amides is 2. The molecule has 34 heavy (non-hydrogen) atoms. The van der Waals surface area contributed by atoms with E-state index in [-0.39, 0.29) is 31.0 Å². The van der Waals surface area contributed by atoms with Crippen LogP contribution in [0.5, 0.6) is 0 Å². The number of ketones is 1. The first-order valence-electron chi connectivity index (χ1n) is 10.8. The lowest BCUT2D eigenvalue weighted by atomic mass is 10.0. The van der Waals surface area contributed by atoms with Crippen molar-refractivity contribution in [3.63, 3.8) is 0 Å². The number of hydrogen-bond donors (Lipinski definition) is 4. The summed E-state index contributed by atoms with van der Waals surface area (Å²) in [6.07, 6.45) is -0.540. The highest BCUT2D eigenvalue weighted by Crippen LogP contribution is 2.21. The van der Waals surface area contributed by atoms with E-state index in [1.54, 1.807) is 0 Å². The second-order valence-electron chi connectivity index (χ2n) is 7.47. The number of nitrogens with two attached hydrogens (primary N) is 1. The number of hydrogen-bond acceptors (Lipinski definition) is 8. The van der Waals surface area contributed by atoms with Crippen LogP contribution in [0.3, 0.4) is 0 Å². The predicted molar refractivity (Wildman–Crippen MR) is 120 cm³/mol. The molecule has 1 unspecified atom stereocenters. The summed E-state index contributed by atoms with van der Waals surface area (Å²) in [6, 6.07) is 5.57. The number of amidine groups is 1. The number of Topliss-reactive ketones (excluding diaryl/α,β-unsaturated/α-hetero) is 1. The fourth-order valence-electron chi connectivity index (χ4n) is 3.23. The second-order valence-corrected chi connectivity index (χ2v) is 7.47. The van der Waals surface area contributed by atoms with Crippen molar-refractivity contribution in [2.24, 2.45) is 10.7 Å². The molecule has 12 nitrogen and oxygen atoms in total. The number of nitrogens with one attached hydrogen (secondary N) is 2. The quantitative estimate of drug-likeness (QED) is 0.115. The van der Waals surface area contributed by atoms with Gasteiger partial charge in [0.15, 0.2) is 5.78 Å². The molecule has 1 aromatic carbocycles. The van der Waals surface area contributed by atoms with Gasteiger partial charge in [-0.1, -0.05) is 19.1 Å². The van der Waals surface area contributed by atoms with Gasteiger partial charge >= 0.3 is 17.8 Å². The molecule has 1 aliphatic rings. The molecule has 1 aromatic rings. The molecule has 12 heteroatoms. The summed E-state index contributed by atoms with van der Waals surface area (Å²) in [6.45, 7) is 2.95. The van der Waals surface area contributed by atoms with Gasteiger partial charge in [0.05, 0.1) is 12.7 Å². The van der Waals surface area contributed by atoms with Gasteiger partial charge in [-0.3, -0.25) is 9.59 Å². The molecule has 5 N–H and O–H groups in total. The molecule has 0 bridgehead atoms. The summed E-state index contributed by atoms with van der Waals surface area (Å²) in [7, 11) is 1.46. The molecule has 0 radical (unpaired) electrons. The van der Waals surface area contributed by atoms with Gasteiger partial charge in [0.25, 0.3) is 5.91 Å². The van der Waals surface area contributed by atoms with Crippen molar-refractivity contribution >= 4 is 29.6 Å². The minimum absolute atomic E-state index is 0.0203. The number of methoxy groups -OCH3 is 1. The van der Waals surface area contributed by atoms with E-state index in [0.717, 1.165) is 0 Å². The Bertz CT molecular complexity index is 912. The van der Waals surface area contributed by atoms with E-state index < -0.39 is 35.6 Å². The Morgan fingerprint density at radius 1 is 1.15 bits per heavy atom. The number of aliphatic imine (C=N–C) groups is 1. The van der Waals surface area contributed by atoms with E-state index in [4.69, 9.17) is 19.9 Å². The van der Waals surface area contributed by atoms with Gasteiger partial charge in [-0.25, -0.2) is 9.59 Å². The number of carbonyl (C=O) groups is 4. The highest BCUT2D eigenvalue weighted by molar-refractivity contribution is 6.11. The highest BCUT2D eigenvalue weighted by Gasteiger charge is 2.50. The first-order chi connectivity index (χ1) is 16.2. The van der Waals surface area contributed by atoms with Crippen LogP contribution in [-0.4, -0.2) is 79.9 Å². The van der Waals surface area contributed by atoms with Crippen molar-refractivity contribution in [2.45, 2.75) is 38.0 Å². The number of carboxylic acid groups (broad SMARTS) is 1. The maximum atomic E-state index is 12.9. The third-order valence-corrected chi connectivity index (χ3v) is 5.10. The Morgan fingerprint density at radius 3 is 2.32 bits per heavy atom. The summed E-state index contributed by atoms with van der Waals surface area (Å²) in [5.41, 5.74) is 3.69. The maximum Gasteiger partial charge on any atom is 0.435 e. The molecule has 1 heterocycles. The predicted octanol–water partition coefficient (Wildman–Crippen LogP) is 0.433. The van der Waals surface area contributed by atoms with Crippen LogP contribution in [0.25, 0.3) is 0 Å². The van der Waals surface area contributed by atoms with Crippen molar-refractivity contribution in [1.29, 1.82) is 0 Å². The zero-order valence-corrected chi connectivity index (χ0v) is 19.2. The van der Waals surface area contributed by atoms with Crippen LogP contribution in [0, 0.1) is 0 Å². The number of nitrogens with zero attached hydrogens (tertiary/aromatic N) is 1. The van der Waals surface area contributed by atoms with E-state index in [1.165, 1.54) is 38.3 Å². The fourth-order valence-corrected chi connectivity index (χ4v) is 3.23. The number of piperidine rings is 1. The van der Waals surface area contributed by atoms with Crippen molar-refractivity contribution in [1.82, 2.24) is 10.6 Å². The molecule has 1 aliphatic heterocycles. The Balaban J connectivity index is 2.17. The maximum absolute atomic E-state index is 12.9. The molecular weight excluding hydrogens is 448 g/mol. The molecule has 1 atom stereocenters. The summed E-state index contributed by atoms with van der Waals surface area (Å²) in [5.74, 6) is -3.32. The minimum Gasteiger partial charge on any atom is -0.477 e. The molecule has 2 amide bonds. The lowest BCUT2D eigenvalue weighted by molar-refractivity contribution is -0.185. The average Bonchev–Trinajstić information content (AvgIpc) is 2.83. The molecule has 186 valence electrons. The topological polar surface area (TPSA) is 179 Å². The number of carbonyl (C=O) groups excluding carboxylic acids is 3. The third kappa shape index (κ3) is 7.07. The molecule has 2 rings (SSSR count). The Kier molecular flexibility index (Phi) is 10.1. The summed E-state index contributed by atoms with van der Waals surface area (Å²) >= 11 is 0. The van der Waals surface area contributed by atoms with Gasteiger partial charge in [-0.15, -0.1) is 0 Å². The summed E-state index contributed by atoms with van der Waals surface area (Å²) in [5, 5.41) is 15.3. The van der Waals surface area contributed by atoms with Gasteiger partial charge in [-0.2, -0.15) is 4.99 Å². The monoisotopic (exact) mass is 478 g/mol. The van der Waals surface area contributed by atoms with Crippen LogP contribution in [0.1, 0.15) is 42.1 Å². The van der Waals surface area contributed by atoms with Gasteiger partial charge in [0.1, 0.15) is 12.4 Å². The molecule has 0 spiro atoms. The molecule has 1 fully saturated rings. The van der Waals surface area contributed by atoms with Gasteiger partial charge in [-0.05, 0) is 38.1 Å². The smallest absolute Gasteiger partial charge is 0.435 e. The van der Waals surface area contributed by atoms with Crippen molar-refractivity contribution in [3.05, 3.63) is 35.4 Å². The van der Waals surface area contributed by atoms with Gasteiger partial charge < -0.3 is 35.7 Å². The third-order valence-electron chi connectivity index (χ3n) is 5.10. The molecule has 1 saturated heterocycles. The van der Waals surface area contributed by atoms with Crippen molar-refractivity contribution in [2.75, 3.05) is 33.4 Å². The molecular formula is C22H30N4O8. The zero-order valence-electron chi connectivity index (χ0n) is 19.2. The summed E-state index contributed by atoms with van der Waals surface area (Å²) in [4.78, 5) is 52.9. The van der Waals surface area contributed by atoms with E-state index in [1.807, 2.05) is 0 Å². The zero-order chi connectivity index (χ0) is 25.1. The summed E-state index contributed by atoms with van der Waals surface area (Å²) < 4.78 is 15.3. The fraction of sp³-hybridized carbons (Fsp3) is 0.500. The molecule has 0 aliphatic carbocycles. The van der Waals surface area contributed by atoms with Crippen LogP contribution in [0.15, 0.2) is 29.3 Å². The first-order valence-corrected chi connectivity index (χ1v) is 10.8. The highest BCUT2D eigenvalue weighted by atomic mass is 16.6. The Labute approximate surface area is 196 Å². The Morgan fingerprint density at radius 2 is 1.76 bits per heavy atom. The van der Waals surface area contributed by atoms with Crippen LogP contribution >= 0.6 is 0 Å². The SMILES string of the molecule is CCC(=O)C(NC(=O)c1ccc(C(N)=NC(=O)OCCOC)cc1)(OC1CCNCC1)C(=O)O. The second kappa shape index (κ2) is 12.8. The first kappa shape index (κ1) is 26.9. The molecule has 0 aromatic heterocycles. The number of aliphatic carboxylic acids is 1. The lowest BCUT2D eigenvalue weighted by Crippen LogP contribution is -2.63. The average molecular weight is 479 g/mol. The van der Waals surface area contributed by atoms with E-state index in [0.29, 0.717) is 31.5 Å². The number of ether oxygens (including phenoxy) is 3. The number of rotatable bonds is 11. The van der Waals surface area contributed by atoms with Crippen molar-refractivity contribution in [3.8, 4) is 0 Å². The largest absolute Gasteiger partial charge is 0.477 e. The van der Waals surface area contributed by atoms with Gasteiger partial charge in [0, 0.05) is 24.7 Å². The van der Waals surface area contributed by atoms with Crippen LogP contribution in [0.4, 0.5) is 4.79 Å². The normalized spacial score (nSPS) is 16.4. The van der Waals surface area contributed by atoms with E-state index in [9.17, 15) is 24.3 Å². The van der Waals surface area contributed by atoms with Crippen LogP contribution < -0.4 is 16.4 Å².